The summed E-state index contributed by atoms with van der Waals surface area (Å²) >= 11 is 0. The molecule has 0 aliphatic carbocycles. The van der Waals surface area contributed by atoms with Gasteiger partial charge in [0.1, 0.15) is 0 Å². The summed E-state index contributed by atoms with van der Waals surface area (Å²) in [6, 6.07) is 21.0. The highest BCUT2D eigenvalue weighted by Gasteiger charge is 2.25. The van der Waals surface area contributed by atoms with Crippen molar-refractivity contribution in [3.8, 4) is 0 Å². The van der Waals surface area contributed by atoms with E-state index in [1.165, 1.54) is 17.5 Å². The lowest BCUT2D eigenvalue weighted by Crippen LogP contribution is -2.46. The molecule has 2 aromatic carbocycles. The normalized spacial score (nSPS) is 20.8. The Morgan fingerprint density at radius 1 is 0.966 bits per heavy atom. The first-order valence-electron chi connectivity index (χ1n) is 11.0. The molecule has 0 bridgehead atoms. The fraction of sp³-hybridized carbons (Fsp3) is 0.480. The van der Waals surface area contributed by atoms with Gasteiger partial charge in [0.25, 0.3) is 0 Å². The van der Waals surface area contributed by atoms with Crippen LogP contribution in [0.15, 0.2) is 60.7 Å². The van der Waals surface area contributed by atoms with E-state index < -0.39 is 0 Å². The quantitative estimate of drug-likeness (QED) is 0.779. The zero-order chi connectivity index (χ0) is 19.9. The van der Waals surface area contributed by atoms with E-state index in [4.69, 9.17) is 4.74 Å². The van der Waals surface area contributed by atoms with Crippen LogP contribution in [0.4, 0.5) is 0 Å². The number of carbonyl (C=O) groups is 1. The summed E-state index contributed by atoms with van der Waals surface area (Å²) in [7, 11) is 0. The predicted molar refractivity (Wildman–Crippen MR) is 116 cm³/mol. The van der Waals surface area contributed by atoms with Crippen LogP contribution in [-0.2, 0) is 9.53 Å². The van der Waals surface area contributed by atoms with Crippen molar-refractivity contribution in [2.24, 2.45) is 5.92 Å². The third-order valence-electron chi connectivity index (χ3n) is 6.29. The number of piperidine rings is 1. The van der Waals surface area contributed by atoms with E-state index >= 15 is 0 Å². The highest BCUT2D eigenvalue weighted by molar-refractivity contribution is 5.78. The summed E-state index contributed by atoms with van der Waals surface area (Å²) < 4.78 is 5.50. The van der Waals surface area contributed by atoms with Gasteiger partial charge >= 0.3 is 0 Å². The standard InChI is InChI=1S/C25H32N2O2/c28-25(26-23-11-14-27(15-12-23)18-20-13-16-29-19-20)17-24(21-7-3-1-4-8-21)22-9-5-2-6-10-22/h1-10,20,23-24H,11-19H2,(H,26,28). The molecule has 1 N–H and O–H groups in total. The molecule has 0 radical (unpaired) electrons. The largest absolute Gasteiger partial charge is 0.381 e. The molecular formula is C25H32N2O2. The minimum Gasteiger partial charge on any atom is -0.381 e. The molecular weight excluding hydrogens is 360 g/mol. The van der Waals surface area contributed by atoms with Gasteiger partial charge < -0.3 is 15.0 Å². The first-order valence-corrected chi connectivity index (χ1v) is 11.0. The van der Waals surface area contributed by atoms with Crippen molar-refractivity contribution in [3.05, 3.63) is 71.8 Å². The van der Waals surface area contributed by atoms with E-state index in [-0.39, 0.29) is 11.8 Å². The summed E-state index contributed by atoms with van der Waals surface area (Å²) in [6.07, 6.45) is 3.77. The molecule has 1 unspecified atom stereocenters. The van der Waals surface area contributed by atoms with Crippen molar-refractivity contribution in [2.75, 3.05) is 32.8 Å². The molecule has 4 rings (SSSR count). The van der Waals surface area contributed by atoms with E-state index in [0.29, 0.717) is 18.4 Å². The van der Waals surface area contributed by atoms with Crippen LogP contribution in [0.1, 0.15) is 42.7 Å². The number of carbonyl (C=O) groups excluding carboxylic acids is 1. The van der Waals surface area contributed by atoms with Gasteiger partial charge in [-0.1, -0.05) is 60.7 Å². The van der Waals surface area contributed by atoms with Gasteiger partial charge in [0.2, 0.25) is 5.91 Å². The molecule has 0 saturated carbocycles. The van der Waals surface area contributed by atoms with Crippen LogP contribution in [0.25, 0.3) is 0 Å². The first kappa shape index (κ1) is 20.1. The molecule has 0 aromatic heterocycles. The highest BCUT2D eigenvalue weighted by Crippen LogP contribution is 2.28. The summed E-state index contributed by atoms with van der Waals surface area (Å²) in [5, 5.41) is 3.31. The number of amides is 1. The third-order valence-corrected chi connectivity index (χ3v) is 6.29. The molecule has 2 fully saturated rings. The van der Waals surface area contributed by atoms with Gasteiger partial charge in [0, 0.05) is 44.6 Å². The molecule has 2 heterocycles. The van der Waals surface area contributed by atoms with E-state index in [2.05, 4.69) is 34.5 Å². The smallest absolute Gasteiger partial charge is 0.221 e. The molecule has 4 heteroatoms. The number of benzene rings is 2. The summed E-state index contributed by atoms with van der Waals surface area (Å²) in [6.45, 7) is 5.12. The topological polar surface area (TPSA) is 41.6 Å². The van der Waals surface area contributed by atoms with Gasteiger partial charge in [-0.2, -0.15) is 0 Å². The number of nitrogens with zero attached hydrogens (tertiary/aromatic N) is 1. The number of ether oxygens (including phenoxy) is 1. The van der Waals surface area contributed by atoms with Gasteiger partial charge in [-0.3, -0.25) is 4.79 Å². The average Bonchev–Trinajstić information content (AvgIpc) is 3.28. The van der Waals surface area contributed by atoms with Crippen LogP contribution >= 0.6 is 0 Å². The first-order chi connectivity index (χ1) is 14.3. The number of nitrogens with one attached hydrogen (secondary N) is 1. The Balaban J connectivity index is 1.31. The van der Waals surface area contributed by atoms with Crippen molar-refractivity contribution in [1.82, 2.24) is 10.2 Å². The molecule has 2 saturated heterocycles. The van der Waals surface area contributed by atoms with Crippen LogP contribution in [-0.4, -0.2) is 49.7 Å². The SMILES string of the molecule is O=C(CC(c1ccccc1)c1ccccc1)NC1CCN(CC2CCOC2)CC1. The number of hydrogen-bond acceptors (Lipinski definition) is 3. The number of hydrogen-bond donors (Lipinski definition) is 1. The van der Waals surface area contributed by atoms with E-state index in [1.807, 2.05) is 36.4 Å². The average molecular weight is 393 g/mol. The van der Waals surface area contributed by atoms with Gasteiger partial charge in [-0.25, -0.2) is 0 Å². The van der Waals surface area contributed by atoms with Crippen molar-refractivity contribution < 1.29 is 9.53 Å². The summed E-state index contributed by atoms with van der Waals surface area (Å²) in [5.41, 5.74) is 2.39. The molecule has 2 aliphatic heterocycles. The molecule has 154 valence electrons. The number of rotatable bonds is 7. The minimum atomic E-state index is 0.0971. The van der Waals surface area contributed by atoms with E-state index in [1.54, 1.807) is 0 Å². The predicted octanol–water partition coefficient (Wildman–Crippen LogP) is 3.83. The lowest BCUT2D eigenvalue weighted by Gasteiger charge is -2.33. The fourth-order valence-electron chi connectivity index (χ4n) is 4.62. The second-order valence-corrected chi connectivity index (χ2v) is 8.45. The molecule has 4 nitrogen and oxygen atoms in total. The third kappa shape index (κ3) is 5.68. The Morgan fingerprint density at radius 2 is 1.59 bits per heavy atom. The van der Waals surface area contributed by atoms with Gasteiger partial charge in [0.05, 0.1) is 6.61 Å². The second-order valence-electron chi connectivity index (χ2n) is 8.45. The van der Waals surface area contributed by atoms with Crippen molar-refractivity contribution in [1.29, 1.82) is 0 Å². The minimum absolute atomic E-state index is 0.0971. The Bertz CT molecular complexity index is 711. The van der Waals surface area contributed by atoms with Crippen LogP contribution in [0.5, 0.6) is 0 Å². The van der Waals surface area contributed by atoms with E-state index in [0.717, 1.165) is 45.7 Å². The van der Waals surface area contributed by atoms with Crippen molar-refractivity contribution >= 4 is 5.91 Å². The van der Waals surface area contributed by atoms with Gasteiger partial charge in [-0.05, 0) is 36.3 Å². The maximum absolute atomic E-state index is 12.9. The van der Waals surface area contributed by atoms with Crippen LogP contribution in [0.2, 0.25) is 0 Å². The molecule has 29 heavy (non-hydrogen) atoms. The second kappa shape index (κ2) is 10.0. The maximum Gasteiger partial charge on any atom is 0.221 e. The van der Waals surface area contributed by atoms with E-state index in [9.17, 15) is 4.79 Å². The van der Waals surface area contributed by atoms with Crippen LogP contribution in [0, 0.1) is 5.92 Å². The lowest BCUT2D eigenvalue weighted by atomic mass is 9.88. The molecule has 2 aromatic rings. The van der Waals surface area contributed by atoms with Crippen molar-refractivity contribution in [3.63, 3.8) is 0 Å². The summed E-state index contributed by atoms with van der Waals surface area (Å²) in [4.78, 5) is 15.4. The Hall–Kier alpha value is -2.17. The molecule has 1 atom stereocenters. The Labute approximate surface area is 174 Å². The zero-order valence-electron chi connectivity index (χ0n) is 17.1. The lowest BCUT2D eigenvalue weighted by molar-refractivity contribution is -0.122. The monoisotopic (exact) mass is 392 g/mol. The van der Waals surface area contributed by atoms with Crippen LogP contribution < -0.4 is 5.32 Å². The Morgan fingerprint density at radius 3 is 2.14 bits per heavy atom. The van der Waals surface area contributed by atoms with Gasteiger partial charge in [-0.15, -0.1) is 0 Å². The fourth-order valence-corrected chi connectivity index (χ4v) is 4.62. The highest BCUT2D eigenvalue weighted by atomic mass is 16.5. The molecule has 1 amide bonds. The zero-order valence-corrected chi connectivity index (χ0v) is 17.1. The maximum atomic E-state index is 12.9. The van der Waals surface area contributed by atoms with Crippen LogP contribution in [0.3, 0.4) is 0 Å². The van der Waals surface area contributed by atoms with Gasteiger partial charge in [0.15, 0.2) is 0 Å². The Kier molecular flexibility index (Phi) is 6.96. The molecule has 2 aliphatic rings. The number of likely N-dealkylation sites (tertiary alicyclic amines) is 1. The summed E-state index contributed by atoms with van der Waals surface area (Å²) in [5.74, 6) is 0.948. The molecule has 0 spiro atoms. The van der Waals surface area contributed by atoms with Crippen molar-refractivity contribution in [2.45, 2.75) is 37.6 Å².